The van der Waals surface area contributed by atoms with Gasteiger partial charge in [0.15, 0.2) is 0 Å². The lowest BCUT2D eigenvalue weighted by atomic mass is 9.83. The molecule has 1 heterocycles. The number of carbonyl (C=O) groups excluding carboxylic acids is 1. The number of furan rings is 1. The normalized spacial score (nSPS) is 21.5. The molecule has 8 heteroatoms. The van der Waals surface area contributed by atoms with Crippen LogP contribution in [-0.2, 0) is 16.0 Å². The van der Waals surface area contributed by atoms with E-state index in [1.807, 2.05) is 18.2 Å². The zero-order chi connectivity index (χ0) is 29.3. The van der Waals surface area contributed by atoms with Crippen molar-refractivity contribution in [3.05, 3.63) is 48.0 Å². The predicted molar refractivity (Wildman–Crippen MR) is 149 cm³/mol. The summed E-state index contributed by atoms with van der Waals surface area (Å²) in [6, 6.07) is 13.0. The van der Waals surface area contributed by atoms with Crippen molar-refractivity contribution in [2.24, 2.45) is 10.8 Å². The Kier molecular flexibility index (Phi) is 8.48. The lowest BCUT2D eigenvalue weighted by Crippen LogP contribution is -2.52. The van der Waals surface area contributed by atoms with Crippen LogP contribution in [0.5, 0.6) is 11.5 Å². The van der Waals surface area contributed by atoms with Crippen LogP contribution in [0.25, 0.3) is 22.3 Å². The molecule has 0 spiro atoms. The number of fused-ring (bicyclic) bond motifs is 1. The summed E-state index contributed by atoms with van der Waals surface area (Å²) in [4.78, 5) is 12.4. The smallest absolute Gasteiger partial charge is 0.401 e. The molecule has 218 valence electrons. The molecule has 0 N–H and O–H groups in total. The number of ether oxygens (including phenoxy) is 3. The summed E-state index contributed by atoms with van der Waals surface area (Å²) < 4.78 is 66.4. The maximum absolute atomic E-state index is 14.4. The van der Waals surface area contributed by atoms with E-state index < -0.39 is 35.2 Å². The van der Waals surface area contributed by atoms with Crippen molar-refractivity contribution in [3.63, 3.8) is 0 Å². The van der Waals surface area contributed by atoms with Crippen LogP contribution in [-0.4, -0.2) is 31.5 Å². The first kappa shape index (κ1) is 29.8. The van der Waals surface area contributed by atoms with E-state index in [-0.39, 0.29) is 18.6 Å². The topological polar surface area (TPSA) is 57.9 Å². The number of alkyl halides is 3. The molecule has 5 nitrogen and oxygen atoms in total. The van der Waals surface area contributed by atoms with Crippen LogP contribution in [0.3, 0.4) is 0 Å². The van der Waals surface area contributed by atoms with Crippen LogP contribution in [0.2, 0.25) is 0 Å². The Morgan fingerprint density at radius 2 is 1.75 bits per heavy atom. The summed E-state index contributed by atoms with van der Waals surface area (Å²) in [6.45, 7) is 8.10. The van der Waals surface area contributed by atoms with Gasteiger partial charge >= 0.3 is 12.1 Å². The van der Waals surface area contributed by atoms with Gasteiger partial charge in [-0.2, -0.15) is 13.2 Å². The molecule has 2 aromatic carbocycles. The molecule has 3 atom stereocenters. The average molecular weight is 561 g/mol. The van der Waals surface area contributed by atoms with Crippen molar-refractivity contribution < 1.29 is 36.6 Å². The molecule has 1 aliphatic carbocycles. The molecular weight excluding hydrogens is 521 g/mol. The van der Waals surface area contributed by atoms with Gasteiger partial charge in [-0.1, -0.05) is 25.8 Å². The van der Waals surface area contributed by atoms with Crippen molar-refractivity contribution in [1.29, 1.82) is 0 Å². The van der Waals surface area contributed by atoms with Gasteiger partial charge in [0.2, 0.25) is 0 Å². The standard InChI is InChI=1S/C32H39F3O5/c1-7-8-9-10-20-11-14-23(25(17-20)37-6)26-18-21-12-13-22(19-24(21)39-26)38-27-15-16-28(31(27,5)32(33,34)35)40-29(36)30(2,3)4/h11-14,17-19,27-28H,7-10,15-16H2,1-6H3. The third kappa shape index (κ3) is 5.96. The highest BCUT2D eigenvalue weighted by atomic mass is 19.4. The second-order valence-corrected chi connectivity index (χ2v) is 11.9. The van der Waals surface area contributed by atoms with Crippen LogP contribution in [0.4, 0.5) is 13.2 Å². The number of benzene rings is 2. The van der Waals surface area contributed by atoms with Crippen LogP contribution >= 0.6 is 0 Å². The van der Waals surface area contributed by atoms with E-state index in [4.69, 9.17) is 18.6 Å². The fraction of sp³-hybridized carbons (Fsp3) is 0.531. The summed E-state index contributed by atoms with van der Waals surface area (Å²) in [5.41, 5.74) is -0.792. The summed E-state index contributed by atoms with van der Waals surface area (Å²) in [6.07, 6.45) is -2.63. The molecule has 1 saturated carbocycles. The predicted octanol–water partition coefficient (Wildman–Crippen LogP) is 8.91. The summed E-state index contributed by atoms with van der Waals surface area (Å²) in [5.74, 6) is 0.893. The van der Waals surface area contributed by atoms with Crippen LogP contribution in [0.15, 0.2) is 46.9 Å². The van der Waals surface area contributed by atoms with Crippen molar-refractivity contribution in [2.75, 3.05) is 7.11 Å². The molecular formula is C32H39F3O5. The molecule has 0 radical (unpaired) electrons. The SMILES string of the molecule is CCCCCc1ccc(-c2cc3ccc(OC4CCC(OC(=O)C(C)(C)C)C4(C)C(F)(F)F)cc3o2)c(OC)c1. The van der Waals surface area contributed by atoms with E-state index in [1.54, 1.807) is 46.1 Å². The van der Waals surface area contributed by atoms with Crippen molar-refractivity contribution >= 4 is 16.9 Å². The number of unbranched alkanes of at least 4 members (excludes halogenated alkanes) is 2. The van der Waals surface area contributed by atoms with Gasteiger partial charge in [0.25, 0.3) is 0 Å². The molecule has 3 aromatic rings. The van der Waals surface area contributed by atoms with Crippen molar-refractivity contribution in [2.45, 2.75) is 91.5 Å². The van der Waals surface area contributed by atoms with Crippen LogP contribution < -0.4 is 9.47 Å². The Hall–Kier alpha value is -3.16. The second-order valence-electron chi connectivity index (χ2n) is 11.9. The molecule has 0 bridgehead atoms. The highest BCUT2D eigenvalue weighted by Crippen LogP contribution is 2.53. The molecule has 1 aromatic heterocycles. The van der Waals surface area contributed by atoms with E-state index in [0.717, 1.165) is 37.1 Å². The van der Waals surface area contributed by atoms with Crippen molar-refractivity contribution in [3.8, 4) is 22.8 Å². The highest BCUT2D eigenvalue weighted by Gasteiger charge is 2.66. The Bertz CT molecular complexity index is 1340. The summed E-state index contributed by atoms with van der Waals surface area (Å²) in [5, 5.41) is 0.790. The minimum atomic E-state index is -4.64. The van der Waals surface area contributed by atoms with Gasteiger partial charge in [-0.25, -0.2) is 0 Å². The fourth-order valence-electron chi connectivity index (χ4n) is 5.20. The molecule has 0 amide bonds. The fourth-order valence-corrected chi connectivity index (χ4v) is 5.20. The number of rotatable bonds is 9. The van der Waals surface area contributed by atoms with Gasteiger partial charge in [0.1, 0.15) is 40.5 Å². The minimum Gasteiger partial charge on any atom is -0.496 e. The molecule has 3 unspecified atom stereocenters. The largest absolute Gasteiger partial charge is 0.496 e. The number of methoxy groups -OCH3 is 1. The summed E-state index contributed by atoms with van der Waals surface area (Å²) in [7, 11) is 1.62. The lowest BCUT2D eigenvalue weighted by Gasteiger charge is -2.38. The van der Waals surface area contributed by atoms with Gasteiger partial charge in [0.05, 0.1) is 18.1 Å². The number of carbonyl (C=O) groups is 1. The molecule has 1 aliphatic rings. The molecule has 4 rings (SSSR count). The first-order chi connectivity index (χ1) is 18.8. The number of aryl methyl sites for hydroxylation is 1. The number of hydrogen-bond acceptors (Lipinski definition) is 5. The Balaban J connectivity index is 1.57. The molecule has 40 heavy (non-hydrogen) atoms. The first-order valence-electron chi connectivity index (χ1n) is 13.9. The molecule has 0 saturated heterocycles. The zero-order valence-electron chi connectivity index (χ0n) is 24.1. The third-order valence-electron chi connectivity index (χ3n) is 7.87. The van der Waals surface area contributed by atoms with Crippen LogP contribution in [0, 0.1) is 10.8 Å². The average Bonchev–Trinajstić information content (AvgIpc) is 3.45. The van der Waals surface area contributed by atoms with Gasteiger partial charge in [-0.05, 0) is 89.3 Å². The van der Waals surface area contributed by atoms with E-state index in [1.165, 1.54) is 12.0 Å². The quantitative estimate of drug-likeness (QED) is 0.193. The number of halogens is 3. The number of esters is 1. The zero-order valence-corrected chi connectivity index (χ0v) is 24.1. The van der Waals surface area contributed by atoms with Crippen molar-refractivity contribution in [1.82, 2.24) is 0 Å². The Morgan fingerprint density at radius 3 is 2.40 bits per heavy atom. The van der Waals surface area contributed by atoms with Gasteiger partial charge in [0, 0.05) is 11.5 Å². The monoisotopic (exact) mass is 560 g/mol. The first-order valence-corrected chi connectivity index (χ1v) is 13.9. The maximum atomic E-state index is 14.4. The third-order valence-corrected chi connectivity index (χ3v) is 7.87. The molecule has 1 fully saturated rings. The van der Waals surface area contributed by atoms with Gasteiger partial charge in [-0.15, -0.1) is 0 Å². The van der Waals surface area contributed by atoms with Gasteiger partial charge < -0.3 is 18.6 Å². The lowest BCUT2D eigenvalue weighted by molar-refractivity contribution is -0.264. The summed E-state index contributed by atoms with van der Waals surface area (Å²) >= 11 is 0. The minimum absolute atomic E-state index is 0.0594. The Labute approximate surface area is 234 Å². The second kappa shape index (κ2) is 11.4. The Morgan fingerprint density at radius 1 is 1.02 bits per heavy atom. The number of hydrogen-bond donors (Lipinski definition) is 0. The highest BCUT2D eigenvalue weighted by molar-refractivity contribution is 5.85. The van der Waals surface area contributed by atoms with E-state index in [2.05, 4.69) is 13.0 Å². The van der Waals surface area contributed by atoms with Gasteiger partial charge in [-0.3, -0.25) is 4.79 Å². The van der Waals surface area contributed by atoms with E-state index in [9.17, 15) is 18.0 Å². The van der Waals surface area contributed by atoms with E-state index >= 15 is 0 Å². The molecule has 0 aliphatic heterocycles. The maximum Gasteiger partial charge on any atom is 0.401 e. The van der Waals surface area contributed by atoms with Crippen LogP contribution in [0.1, 0.15) is 72.3 Å². The van der Waals surface area contributed by atoms with E-state index in [0.29, 0.717) is 17.1 Å².